The number of thiazole rings is 1. The highest BCUT2D eigenvalue weighted by Crippen LogP contribution is 2.45. The van der Waals surface area contributed by atoms with E-state index in [4.69, 9.17) is 0 Å². The summed E-state index contributed by atoms with van der Waals surface area (Å²) in [4.78, 5) is 20.3. The van der Waals surface area contributed by atoms with Gasteiger partial charge in [0, 0.05) is 24.4 Å². The molecule has 114 valence electrons. The largest absolute Gasteiger partial charge is 0.348 e. The van der Waals surface area contributed by atoms with E-state index in [1.165, 1.54) is 49.8 Å². The van der Waals surface area contributed by atoms with Crippen molar-refractivity contribution >= 4 is 22.3 Å². The van der Waals surface area contributed by atoms with E-state index in [1.54, 1.807) is 11.3 Å². The Morgan fingerprint density at radius 2 is 1.71 bits per heavy atom. The number of aryl methyl sites for hydroxylation is 1. The van der Waals surface area contributed by atoms with E-state index in [0.29, 0.717) is 11.8 Å². The quantitative estimate of drug-likeness (QED) is 0.779. The van der Waals surface area contributed by atoms with Crippen molar-refractivity contribution in [1.29, 1.82) is 0 Å². The van der Waals surface area contributed by atoms with Gasteiger partial charge in [-0.3, -0.25) is 4.79 Å². The molecule has 3 nitrogen and oxygen atoms in total. The van der Waals surface area contributed by atoms with Crippen molar-refractivity contribution in [3.05, 3.63) is 10.6 Å². The number of fused-ring (bicyclic) bond motifs is 1. The number of Topliss-reactive ketones (excluding diaryl/α,β-unsaturated/α-hetero) is 1. The average Bonchev–Trinajstić information content (AvgIpc) is 2.94. The Hall–Kier alpha value is -0.900. The Labute approximate surface area is 130 Å². The van der Waals surface area contributed by atoms with Crippen LogP contribution in [0.15, 0.2) is 0 Å². The van der Waals surface area contributed by atoms with Crippen LogP contribution in [0.5, 0.6) is 0 Å². The molecule has 4 rings (SSSR count). The normalized spacial score (nSPS) is 25.1. The summed E-state index contributed by atoms with van der Waals surface area (Å²) in [7, 11) is 0. The van der Waals surface area contributed by atoms with Gasteiger partial charge in [0.05, 0.1) is 0 Å². The molecule has 0 N–H and O–H groups in total. The molecular formula is C17H24N2OS. The number of carbonyl (C=O) groups excluding carboxylic acids is 1. The van der Waals surface area contributed by atoms with E-state index in [9.17, 15) is 4.79 Å². The highest BCUT2D eigenvalue weighted by Gasteiger charge is 2.36. The van der Waals surface area contributed by atoms with Gasteiger partial charge in [0.2, 0.25) is 0 Å². The molecule has 1 aromatic rings. The lowest BCUT2D eigenvalue weighted by molar-refractivity contribution is 0.0968. The van der Waals surface area contributed by atoms with Gasteiger partial charge in [0.15, 0.2) is 10.9 Å². The minimum atomic E-state index is 0.263. The van der Waals surface area contributed by atoms with E-state index < -0.39 is 0 Å². The molecule has 4 heteroatoms. The SMILES string of the molecule is O=C1CCCc2sc(N3CCC4(CCCCC4)CC3)nc21. The zero-order valence-electron chi connectivity index (χ0n) is 12.7. The molecule has 0 amide bonds. The van der Waals surface area contributed by atoms with E-state index in [1.807, 2.05) is 0 Å². The number of ketones is 1. The molecule has 0 aromatic carbocycles. The molecule has 1 saturated carbocycles. The number of hydrogen-bond donors (Lipinski definition) is 0. The van der Waals surface area contributed by atoms with Crippen molar-refractivity contribution in [3.8, 4) is 0 Å². The molecule has 1 aromatic heterocycles. The molecule has 0 radical (unpaired) electrons. The molecule has 21 heavy (non-hydrogen) atoms. The summed E-state index contributed by atoms with van der Waals surface area (Å²) in [5, 5.41) is 1.11. The van der Waals surface area contributed by atoms with Crippen LogP contribution in [0.25, 0.3) is 0 Å². The van der Waals surface area contributed by atoms with Crippen LogP contribution in [0.1, 0.15) is 73.2 Å². The average molecular weight is 304 g/mol. The fourth-order valence-electron chi connectivity index (χ4n) is 4.36. The first kappa shape index (κ1) is 13.7. The fraction of sp³-hybridized carbons (Fsp3) is 0.765. The maximum absolute atomic E-state index is 11.9. The van der Waals surface area contributed by atoms with E-state index in [2.05, 4.69) is 9.88 Å². The monoisotopic (exact) mass is 304 g/mol. The Morgan fingerprint density at radius 1 is 0.952 bits per heavy atom. The lowest BCUT2D eigenvalue weighted by Gasteiger charge is -2.44. The zero-order chi connectivity index (χ0) is 14.3. The minimum absolute atomic E-state index is 0.263. The molecule has 1 aliphatic heterocycles. The number of aromatic nitrogens is 1. The summed E-state index contributed by atoms with van der Waals surface area (Å²) < 4.78 is 0. The first-order valence-electron chi connectivity index (χ1n) is 8.54. The molecule has 0 unspecified atom stereocenters. The van der Waals surface area contributed by atoms with E-state index in [0.717, 1.165) is 36.8 Å². The summed E-state index contributed by atoms with van der Waals surface area (Å²) in [6.07, 6.45) is 12.6. The van der Waals surface area contributed by atoms with Crippen LogP contribution in [-0.4, -0.2) is 23.9 Å². The third-order valence-corrected chi connectivity index (χ3v) is 6.94. The minimum Gasteiger partial charge on any atom is -0.348 e. The van der Waals surface area contributed by atoms with Crippen molar-refractivity contribution in [2.75, 3.05) is 18.0 Å². The topological polar surface area (TPSA) is 33.2 Å². The van der Waals surface area contributed by atoms with E-state index >= 15 is 0 Å². The molecule has 0 atom stereocenters. The Balaban J connectivity index is 1.48. The van der Waals surface area contributed by atoms with Crippen LogP contribution in [0.2, 0.25) is 0 Å². The maximum Gasteiger partial charge on any atom is 0.186 e. The maximum atomic E-state index is 11.9. The van der Waals surface area contributed by atoms with Gasteiger partial charge >= 0.3 is 0 Å². The van der Waals surface area contributed by atoms with Crippen molar-refractivity contribution < 1.29 is 4.79 Å². The number of rotatable bonds is 1. The lowest BCUT2D eigenvalue weighted by atomic mass is 9.68. The van der Waals surface area contributed by atoms with Crippen molar-refractivity contribution in [3.63, 3.8) is 0 Å². The third kappa shape index (κ3) is 2.52. The number of piperidine rings is 1. The molecule has 1 spiro atoms. The second kappa shape index (κ2) is 5.38. The second-order valence-corrected chi connectivity index (χ2v) is 8.15. The summed E-state index contributed by atoms with van der Waals surface area (Å²) in [5.74, 6) is 0.263. The van der Waals surface area contributed by atoms with Crippen LogP contribution in [-0.2, 0) is 6.42 Å². The summed E-state index contributed by atoms with van der Waals surface area (Å²) >= 11 is 1.77. The van der Waals surface area contributed by atoms with Crippen molar-refractivity contribution in [1.82, 2.24) is 4.98 Å². The number of nitrogens with zero attached hydrogens (tertiary/aromatic N) is 2. The van der Waals surface area contributed by atoms with Crippen LogP contribution < -0.4 is 4.90 Å². The summed E-state index contributed by atoms with van der Waals surface area (Å²) in [6.45, 7) is 2.28. The summed E-state index contributed by atoms with van der Waals surface area (Å²) in [5.41, 5.74) is 1.43. The first-order valence-corrected chi connectivity index (χ1v) is 9.35. The van der Waals surface area contributed by atoms with Crippen LogP contribution in [0.3, 0.4) is 0 Å². The van der Waals surface area contributed by atoms with Gasteiger partial charge in [0.1, 0.15) is 5.69 Å². The molecular weight excluding hydrogens is 280 g/mol. The van der Waals surface area contributed by atoms with Gasteiger partial charge in [-0.05, 0) is 43.9 Å². The second-order valence-electron chi connectivity index (χ2n) is 7.09. The highest BCUT2D eigenvalue weighted by atomic mass is 32.1. The number of anilines is 1. The molecule has 2 heterocycles. The van der Waals surface area contributed by atoms with Crippen LogP contribution in [0.4, 0.5) is 5.13 Å². The van der Waals surface area contributed by atoms with Gasteiger partial charge in [0.25, 0.3) is 0 Å². The van der Waals surface area contributed by atoms with Gasteiger partial charge in [-0.15, -0.1) is 11.3 Å². The Bertz CT molecular complexity index is 535. The predicted octanol–water partition coefficient (Wildman–Crippen LogP) is 4.21. The molecule has 0 bridgehead atoms. The molecule has 3 aliphatic rings. The van der Waals surface area contributed by atoms with Crippen molar-refractivity contribution in [2.24, 2.45) is 5.41 Å². The standard InChI is InChI=1S/C17H24N2OS/c20-13-5-4-6-14-15(13)18-16(21-14)19-11-9-17(10-12-19)7-2-1-3-8-17/h1-12H2. The van der Waals surface area contributed by atoms with Gasteiger partial charge < -0.3 is 4.90 Å². The van der Waals surface area contributed by atoms with Crippen LogP contribution >= 0.6 is 11.3 Å². The zero-order valence-corrected chi connectivity index (χ0v) is 13.5. The van der Waals surface area contributed by atoms with E-state index in [-0.39, 0.29) is 5.78 Å². The molecule has 2 aliphatic carbocycles. The summed E-state index contributed by atoms with van der Waals surface area (Å²) in [6, 6.07) is 0. The van der Waals surface area contributed by atoms with Gasteiger partial charge in [-0.2, -0.15) is 0 Å². The van der Waals surface area contributed by atoms with Gasteiger partial charge in [-0.25, -0.2) is 4.98 Å². The van der Waals surface area contributed by atoms with Gasteiger partial charge in [-0.1, -0.05) is 19.3 Å². The Morgan fingerprint density at radius 3 is 2.43 bits per heavy atom. The molecule has 2 fully saturated rings. The smallest absolute Gasteiger partial charge is 0.186 e. The lowest BCUT2D eigenvalue weighted by Crippen LogP contribution is -2.41. The highest BCUT2D eigenvalue weighted by molar-refractivity contribution is 7.16. The Kier molecular flexibility index (Phi) is 3.52. The third-order valence-electron chi connectivity index (χ3n) is 5.77. The van der Waals surface area contributed by atoms with Crippen molar-refractivity contribution in [2.45, 2.75) is 64.2 Å². The molecule has 1 saturated heterocycles. The fourth-order valence-corrected chi connectivity index (χ4v) is 5.54. The van der Waals surface area contributed by atoms with Crippen LogP contribution in [0, 0.1) is 5.41 Å². The number of carbonyl (C=O) groups is 1. The predicted molar refractivity (Wildman–Crippen MR) is 86.3 cm³/mol. The number of hydrogen-bond acceptors (Lipinski definition) is 4. The first-order chi connectivity index (χ1) is 10.3.